The van der Waals surface area contributed by atoms with Crippen LogP contribution in [0.5, 0.6) is 11.5 Å². The summed E-state index contributed by atoms with van der Waals surface area (Å²) < 4.78 is 115. The maximum Gasteiger partial charge on any atom is 0.425 e. The van der Waals surface area contributed by atoms with E-state index >= 15 is 0 Å². The predicted molar refractivity (Wildman–Crippen MR) is 107 cm³/mol. The van der Waals surface area contributed by atoms with Gasteiger partial charge in [-0.1, -0.05) is 0 Å². The molecule has 3 rings (SSSR count). The second-order valence-electron chi connectivity index (χ2n) is 7.74. The number of likely N-dealkylation sites (tertiary alicyclic amines) is 1. The van der Waals surface area contributed by atoms with Crippen LogP contribution in [0.3, 0.4) is 0 Å². The Morgan fingerprint density at radius 3 is 2.29 bits per heavy atom. The van der Waals surface area contributed by atoms with Gasteiger partial charge in [0.2, 0.25) is 0 Å². The van der Waals surface area contributed by atoms with Crippen LogP contribution in [0, 0.1) is 17.5 Å². The van der Waals surface area contributed by atoms with Crippen molar-refractivity contribution >= 4 is 15.7 Å². The lowest BCUT2D eigenvalue weighted by Gasteiger charge is -2.40. The van der Waals surface area contributed by atoms with E-state index in [4.69, 9.17) is 9.47 Å². The van der Waals surface area contributed by atoms with Crippen LogP contribution in [0.2, 0.25) is 0 Å². The van der Waals surface area contributed by atoms with Gasteiger partial charge in [0.05, 0.1) is 7.11 Å². The molecule has 0 aromatic heterocycles. The Hall–Kier alpha value is -2.96. The minimum Gasteiger partial charge on any atom is -0.494 e. The van der Waals surface area contributed by atoms with Crippen molar-refractivity contribution in [3.05, 3.63) is 52.8 Å². The summed E-state index contributed by atoms with van der Waals surface area (Å²) in [6.45, 7) is 0.227. The smallest absolute Gasteiger partial charge is 0.425 e. The van der Waals surface area contributed by atoms with Crippen molar-refractivity contribution < 1.29 is 49.0 Å². The van der Waals surface area contributed by atoms with Crippen LogP contribution >= 0.6 is 0 Å². The first kappa shape index (κ1) is 25.7. The van der Waals surface area contributed by atoms with Gasteiger partial charge in [0.1, 0.15) is 22.0 Å². The predicted octanol–water partition coefficient (Wildman–Crippen LogP) is 4.09. The Kier molecular flexibility index (Phi) is 6.80. The first-order valence-electron chi connectivity index (χ1n) is 9.73. The minimum absolute atomic E-state index is 0.237. The molecule has 2 aromatic carbocycles. The molecule has 0 radical (unpaired) electrons. The number of amides is 1. The topological polar surface area (TPSA) is 72.9 Å². The zero-order valence-electron chi connectivity index (χ0n) is 18.0. The molecule has 1 fully saturated rings. The molecule has 1 aliphatic rings. The number of ether oxygens (including phenoxy) is 2. The zero-order valence-corrected chi connectivity index (χ0v) is 18.9. The van der Waals surface area contributed by atoms with Crippen LogP contribution in [0.15, 0.2) is 29.2 Å². The summed E-state index contributed by atoms with van der Waals surface area (Å²) in [4.78, 5) is 13.8. The van der Waals surface area contributed by atoms with E-state index in [1.54, 1.807) is 0 Å². The summed E-state index contributed by atoms with van der Waals surface area (Å²) in [6, 6.07) is 3.02. The number of hydrogen-bond donors (Lipinski definition) is 0. The maximum atomic E-state index is 14.1. The highest BCUT2D eigenvalue weighted by Gasteiger charge is 2.41. The number of carbonyl (C=O) groups is 1. The minimum atomic E-state index is -4.79. The lowest BCUT2D eigenvalue weighted by molar-refractivity contribution is -0.189. The lowest BCUT2D eigenvalue weighted by Crippen LogP contribution is -2.49. The molecule has 1 aliphatic heterocycles. The fraction of sp³-hybridized carbons (Fsp3) is 0.381. The molecule has 2 aromatic rings. The van der Waals surface area contributed by atoms with Crippen molar-refractivity contribution in [3.8, 4) is 11.5 Å². The summed E-state index contributed by atoms with van der Waals surface area (Å²) >= 11 is 0. The van der Waals surface area contributed by atoms with Crippen LogP contribution < -0.4 is 9.47 Å². The molecular weight excluding hydrogens is 492 g/mol. The van der Waals surface area contributed by atoms with Crippen LogP contribution in [-0.4, -0.2) is 58.0 Å². The number of benzene rings is 2. The molecule has 0 aliphatic carbocycles. The molecule has 1 amide bonds. The number of nitrogens with zero attached hydrogens (tertiary/aromatic N) is 1. The third-order valence-corrected chi connectivity index (χ3v) is 6.42. The van der Waals surface area contributed by atoms with Crippen LogP contribution in [0.4, 0.5) is 26.3 Å². The second-order valence-corrected chi connectivity index (χ2v) is 9.73. The van der Waals surface area contributed by atoms with E-state index in [9.17, 15) is 39.6 Å². The highest BCUT2D eigenvalue weighted by atomic mass is 32.2. The molecule has 0 bridgehead atoms. The number of alkyl halides is 3. The number of hydrogen-bond acceptors (Lipinski definition) is 5. The number of carbonyl (C=O) groups excluding carboxylic acids is 1. The summed E-state index contributed by atoms with van der Waals surface area (Å²) in [6.07, 6.45) is -6.32. The molecule has 0 unspecified atom stereocenters. The first-order valence-corrected chi connectivity index (χ1v) is 11.6. The maximum absolute atomic E-state index is 14.1. The number of methoxy groups -OCH3 is 1. The van der Waals surface area contributed by atoms with E-state index in [2.05, 4.69) is 0 Å². The Morgan fingerprint density at radius 1 is 1.15 bits per heavy atom. The Balaban J connectivity index is 1.99. The van der Waals surface area contributed by atoms with Gasteiger partial charge in [0.25, 0.3) is 5.91 Å². The van der Waals surface area contributed by atoms with Crippen molar-refractivity contribution in [2.75, 3.05) is 26.5 Å². The molecule has 34 heavy (non-hydrogen) atoms. The molecule has 0 saturated carbocycles. The van der Waals surface area contributed by atoms with Crippen LogP contribution in [0.1, 0.15) is 28.8 Å². The van der Waals surface area contributed by atoms with Crippen molar-refractivity contribution in [3.63, 3.8) is 0 Å². The van der Waals surface area contributed by atoms with Crippen LogP contribution in [0.25, 0.3) is 0 Å². The monoisotopic (exact) mass is 511 g/mol. The fourth-order valence-electron chi connectivity index (χ4n) is 3.47. The zero-order chi connectivity index (χ0) is 25.6. The van der Waals surface area contributed by atoms with Gasteiger partial charge in [0.15, 0.2) is 33.3 Å². The molecule has 13 heteroatoms. The van der Waals surface area contributed by atoms with E-state index < -0.39 is 73.4 Å². The van der Waals surface area contributed by atoms with Gasteiger partial charge in [-0.25, -0.2) is 21.6 Å². The summed E-state index contributed by atoms with van der Waals surface area (Å²) in [5, 5.41) is 0. The van der Waals surface area contributed by atoms with Gasteiger partial charge in [-0.2, -0.15) is 13.2 Å². The van der Waals surface area contributed by atoms with Crippen LogP contribution in [-0.2, 0) is 9.84 Å². The van der Waals surface area contributed by atoms with Gasteiger partial charge in [-0.15, -0.1) is 0 Å². The third-order valence-electron chi connectivity index (χ3n) is 5.30. The fourth-order valence-corrected chi connectivity index (χ4v) is 4.31. The van der Waals surface area contributed by atoms with Gasteiger partial charge < -0.3 is 14.4 Å². The van der Waals surface area contributed by atoms with Gasteiger partial charge >= 0.3 is 6.18 Å². The summed E-state index contributed by atoms with van der Waals surface area (Å²) in [7, 11) is -2.94. The van der Waals surface area contributed by atoms with E-state index in [1.165, 1.54) is 0 Å². The molecule has 6 nitrogen and oxygen atoms in total. The second kappa shape index (κ2) is 9.01. The van der Waals surface area contributed by atoms with E-state index in [0.29, 0.717) is 13.0 Å². The first-order chi connectivity index (χ1) is 15.6. The quantitative estimate of drug-likeness (QED) is 0.432. The average Bonchev–Trinajstić information content (AvgIpc) is 2.68. The third kappa shape index (κ3) is 4.93. The molecule has 1 heterocycles. The van der Waals surface area contributed by atoms with Gasteiger partial charge in [0, 0.05) is 36.9 Å². The van der Waals surface area contributed by atoms with Crippen molar-refractivity contribution in [1.29, 1.82) is 0 Å². The molecule has 186 valence electrons. The van der Waals surface area contributed by atoms with Crippen molar-refractivity contribution in [2.45, 2.75) is 30.0 Å². The SMILES string of the molecule is COc1c(S(C)(=O)=O)ccc(O[C@@H](C)C(F)(F)F)c1C(=O)N1CC(c2cc(F)cc(F)c2F)C1. The number of rotatable bonds is 6. The molecule has 1 saturated heterocycles. The molecule has 0 spiro atoms. The Labute approximate surface area is 191 Å². The highest BCUT2D eigenvalue weighted by Crippen LogP contribution is 2.40. The van der Waals surface area contributed by atoms with Crippen molar-refractivity contribution in [1.82, 2.24) is 4.90 Å². The van der Waals surface area contributed by atoms with E-state index in [-0.39, 0.29) is 18.7 Å². The number of halogens is 6. The normalized spacial score (nSPS) is 15.6. The standard InChI is InChI=1S/C21H19F6NO5S/c1-10(21(25,26)27)33-15-4-5-16(34(3,30)31)19(32-2)17(15)20(29)28-8-11(9-28)13-6-12(22)7-14(23)18(13)24/h4-7,10-11H,8-9H2,1-3H3/t10-/m0/s1. The lowest BCUT2D eigenvalue weighted by atomic mass is 9.90. The Morgan fingerprint density at radius 2 is 1.76 bits per heavy atom. The molecular formula is C21H19F6NO5S. The Bertz CT molecular complexity index is 1230. The molecule has 0 N–H and O–H groups in total. The average molecular weight is 511 g/mol. The summed E-state index contributed by atoms with van der Waals surface area (Å²) in [5.41, 5.74) is -0.883. The largest absolute Gasteiger partial charge is 0.494 e. The van der Waals surface area contributed by atoms with Gasteiger partial charge in [-0.3, -0.25) is 4.79 Å². The summed E-state index contributed by atoms with van der Waals surface area (Å²) in [5.74, 6) is -6.55. The number of sulfone groups is 1. The van der Waals surface area contributed by atoms with E-state index in [1.807, 2.05) is 0 Å². The van der Waals surface area contributed by atoms with E-state index in [0.717, 1.165) is 36.5 Å². The van der Waals surface area contributed by atoms with Crippen molar-refractivity contribution in [2.24, 2.45) is 0 Å². The molecule has 1 atom stereocenters. The van der Waals surface area contributed by atoms with Gasteiger partial charge in [-0.05, 0) is 25.1 Å². The highest BCUT2D eigenvalue weighted by molar-refractivity contribution is 7.90.